The van der Waals surface area contributed by atoms with Gasteiger partial charge in [-0.05, 0) is 33.1 Å². The molecule has 1 aliphatic heterocycles. The SMILES string of the molecule is Cc1ncc(C)n2nc(CCc3nc(N4CCCC4=O)cn3C3CC3)nc12. The molecule has 27 heavy (non-hydrogen) atoms. The van der Waals surface area contributed by atoms with Crippen molar-refractivity contribution < 1.29 is 4.79 Å². The highest BCUT2D eigenvalue weighted by Gasteiger charge is 2.30. The number of aromatic nitrogens is 6. The van der Waals surface area contributed by atoms with Crippen LogP contribution in [0, 0.1) is 13.8 Å². The van der Waals surface area contributed by atoms with E-state index in [1.54, 1.807) is 0 Å². The van der Waals surface area contributed by atoms with Crippen LogP contribution in [-0.2, 0) is 17.6 Å². The molecule has 0 aromatic carbocycles. The van der Waals surface area contributed by atoms with Crippen LogP contribution in [0.4, 0.5) is 5.82 Å². The summed E-state index contributed by atoms with van der Waals surface area (Å²) in [7, 11) is 0. The standard InChI is InChI=1S/C19H23N7O/c1-12-10-20-13(2)19-21-15(23-26(12)19)7-8-16-22-17(11-25(16)14-5-6-14)24-9-3-4-18(24)27/h10-11,14H,3-9H2,1-2H3. The molecular formula is C19H23N7O. The second-order valence-corrected chi connectivity index (χ2v) is 7.55. The lowest BCUT2D eigenvalue weighted by Crippen LogP contribution is -2.24. The van der Waals surface area contributed by atoms with Crippen LogP contribution in [0.3, 0.4) is 0 Å². The minimum atomic E-state index is 0.183. The number of aryl methyl sites for hydroxylation is 4. The molecule has 1 aliphatic carbocycles. The summed E-state index contributed by atoms with van der Waals surface area (Å²) in [5.74, 6) is 2.82. The molecule has 5 rings (SSSR count). The number of nitrogens with zero attached hydrogens (tertiary/aromatic N) is 7. The normalized spacial score (nSPS) is 17.4. The summed E-state index contributed by atoms with van der Waals surface area (Å²) in [6, 6.07) is 0.529. The molecule has 2 aliphatic rings. The quantitative estimate of drug-likeness (QED) is 0.692. The van der Waals surface area contributed by atoms with Crippen molar-refractivity contribution in [3.8, 4) is 0 Å². The van der Waals surface area contributed by atoms with Gasteiger partial charge in [0.25, 0.3) is 0 Å². The molecule has 0 bridgehead atoms. The van der Waals surface area contributed by atoms with Gasteiger partial charge >= 0.3 is 0 Å². The summed E-state index contributed by atoms with van der Waals surface area (Å²) < 4.78 is 4.12. The molecule has 0 atom stereocenters. The summed E-state index contributed by atoms with van der Waals surface area (Å²) in [5.41, 5.74) is 2.68. The van der Waals surface area contributed by atoms with E-state index in [1.165, 1.54) is 12.8 Å². The minimum absolute atomic E-state index is 0.183. The lowest BCUT2D eigenvalue weighted by Gasteiger charge is -2.10. The average Bonchev–Trinajstić information content (AvgIpc) is 3.05. The number of rotatable bonds is 5. The number of hydrogen-bond acceptors (Lipinski definition) is 5. The molecule has 8 heteroatoms. The molecule has 1 amide bonds. The second-order valence-electron chi connectivity index (χ2n) is 7.55. The van der Waals surface area contributed by atoms with Gasteiger partial charge in [0.1, 0.15) is 5.82 Å². The third-order valence-corrected chi connectivity index (χ3v) is 5.41. The zero-order chi connectivity index (χ0) is 18.5. The van der Waals surface area contributed by atoms with Crippen LogP contribution in [0.5, 0.6) is 0 Å². The van der Waals surface area contributed by atoms with Gasteiger partial charge in [0.05, 0.1) is 11.4 Å². The zero-order valence-corrected chi connectivity index (χ0v) is 15.7. The molecule has 140 valence electrons. The molecule has 4 heterocycles. The van der Waals surface area contributed by atoms with Crippen LogP contribution < -0.4 is 4.90 Å². The highest BCUT2D eigenvalue weighted by Crippen LogP contribution is 2.37. The second kappa shape index (κ2) is 6.14. The molecular weight excluding hydrogens is 342 g/mol. The number of imidazole rings is 1. The van der Waals surface area contributed by atoms with E-state index in [1.807, 2.05) is 29.5 Å². The molecule has 3 aromatic heterocycles. The fourth-order valence-electron chi connectivity index (χ4n) is 3.76. The third kappa shape index (κ3) is 2.89. The van der Waals surface area contributed by atoms with E-state index in [-0.39, 0.29) is 5.91 Å². The number of fused-ring (bicyclic) bond motifs is 1. The van der Waals surface area contributed by atoms with E-state index in [4.69, 9.17) is 4.98 Å². The van der Waals surface area contributed by atoms with Crippen molar-refractivity contribution in [1.82, 2.24) is 29.1 Å². The Bertz CT molecular complexity index is 991. The third-order valence-electron chi connectivity index (χ3n) is 5.41. The van der Waals surface area contributed by atoms with E-state index in [0.29, 0.717) is 12.5 Å². The number of amides is 1. The van der Waals surface area contributed by atoms with E-state index < -0.39 is 0 Å². The van der Waals surface area contributed by atoms with Crippen LogP contribution in [-0.4, -0.2) is 41.6 Å². The highest BCUT2D eigenvalue weighted by atomic mass is 16.2. The number of anilines is 1. The van der Waals surface area contributed by atoms with Crippen molar-refractivity contribution in [1.29, 1.82) is 0 Å². The van der Waals surface area contributed by atoms with Gasteiger partial charge in [-0.15, -0.1) is 0 Å². The Morgan fingerprint density at radius 1 is 1.19 bits per heavy atom. The first-order chi connectivity index (χ1) is 13.1. The van der Waals surface area contributed by atoms with Crippen LogP contribution in [0.15, 0.2) is 12.4 Å². The fourth-order valence-corrected chi connectivity index (χ4v) is 3.76. The molecule has 0 unspecified atom stereocenters. The lowest BCUT2D eigenvalue weighted by atomic mass is 10.3. The lowest BCUT2D eigenvalue weighted by molar-refractivity contribution is -0.117. The predicted molar refractivity (Wildman–Crippen MR) is 99.7 cm³/mol. The van der Waals surface area contributed by atoms with Crippen molar-refractivity contribution in [2.75, 3.05) is 11.4 Å². The summed E-state index contributed by atoms with van der Waals surface area (Å²) in [6.45, 7) is 4.71. The average molecular weight is 365 g/mol. The van der Waals surface area contributed by atoms with E-state index in [0.717, 1.165) is 60.3 Å². The van der Waals surface area contributed by atoms with Gasteiger partial charge < -0.3 is 4.57 Å². The van der Waals surface area contributed by atoms with Crippen LogP contribution >= 0.6 is 0 Å². The molecule has 3 aromatic rings. The fraction of sp³-hybridized carbons (Fsp3) is 0.526. The van der Waals surface area contributed by atoms with Crippen molar-refractivity contribution >= 4 is 17.4 Å². The maximum absolute atomic E-state index is 12.1. The molecule has 2 fully saturated rings. The smallest absolute Gasteiger partial charge is 0.228 e. The van der Waals surface area contributed by atoms with Crippen LogP contribution in [0.25, 0.3) is 5.65 Å². The van der Waals surface area contributed by atoms with Gasteiger partial charge in [-0.1, -0.05) is 0 Å². The number of carbonyl (C=O) groups is 1. The zero-order valence-electron chi connectivity index (χ0n) is 15.7. The highest BCUT2D eigenvalue weighted by molar-refractivity contribution is 5.94. The number of hydrogen-bond donors (Lipinski definition) is 0. The summed E-state index contributed by atoms with van der Waals surface area (Å²) in [5, 5.41) is 4.64. The van der Waals surface area contributed by atoms with Crippen LogP contribution in [0.2, 0.25) is 0 Å². The van der Waals surface area contributed by atoms with Gasteiger partial charge in [0.2, 0.25) is 5.91 Å². The van der Waals surface area contributed by atoms with Gasteiger partial charge in [-0.25, -0.2) is 14.5 Å². The molecule has 8 nitrogen and oxygen atoms in total. The summed E-state index contributed by atoms with van der Waals surface area (Å²) >= 11 is 0. The Hall–Kier alpha value is -2.77. The monoisotopic (exact) mass is 365 g/mol. The van der Waals surface area contributed by atoms with Crippen LogP contribution in [0.1, 0.15) is 54.8 Å². The van der Waals surface area contributed by atoms with Gasteiger partial charge in [-0.2, -0.15) is 5.10 Å². The molecule has 1 saturated heterocycles. The van der Waals surface area contributed by atoms with Crippen molar-refractivity contribution in [2.24, 2.45) is 0 Å². The van der Waals surface area contributed by atoms with Gasteiger partial charge in [0, 0.05) is 44.2 Å². The van der Waals surface area contributed by atoms with E-state index in [9.17, 15) is 4.79 Å². The van der Waals surface area contributed by atoms with E-state index >= 15 is 0 Å². The van der Waals surface area contributed by atoms with E-state index in [2.05, 4.69) is 25.8 Å². The summed E-state index contributed by atoms with van der Waals surface area (Å²) in [4.78, 5) is 27.7. The van der Waals surface area contributed by atoms with Crippen molar-refractivity contribution in [2.45, 2.75) is 58.4 Å². The first-order valence-corrected chi connectivity index (χ1v) is 9.66. The molecule has 0 radical (unpaired) electrons. The Balaban J connectivity index is 1.40. The minimum Gasteiger partial charge on any atom is -0.330 e. The first-order valence-electron chi connectivity index (χ1n) is 9.66. The maximum Gasteiger partial charge on any atom is 0.228 e. The Labute approximate surface area is 157 Å². The molecule has 1 saturated carbocycles. The molecule has 0 spiro atoms. The van der Waals surface area contributed by atoms with Crippen molar-refractivity contribution in [3.05, 3.63) is 35.4 Å². The predicted octanol–water partition coefficient (Wildman–Crippen LogP) is 2.18. The number of carbonyl (C=O) groups excluding carboxylic acids is 1. The maximum atomic E-state index is 12.1. The Morgan fingerprint density at radius 3 is 2.74 bits per heavy atom. The van der Waals surface area contributed by atoms with Gasteiger partial charge in [-0.3, -0.25) is 14.7 Å². The van der Waals surface area contributed by atoms with Gasteiger partial charge in [0.15, 0.2) is 17.3 Å². The Morgan fingerprint density at radius 2 is 2.04 bits per heavy atom. The van der Waals surface area contributed by atoms with Crippen molar-refractivity contribution in [3.63, 3.8) is 0 Å². The largest absolute Gasteiger partial charge is 0.330 e. The first kappa shape index (κ1) is 16.4. The topological polar surface area (TPSA) is 81.2 Å². The molecule has 0 N–H and O–H groups in total. The summed E-state index contributed by atoms with van der Waals surface area (Å²) in [6.07, 6.45) is 9.29. The Kier molecular flexibility index (Phi) is 3.73.